The molecule has 0 amide bonds. The highest BCUT2D eigenvalue weighted by molar-refractivity contribution is 5.92. The van der Waals surface area contributed by atoms with Gasteiger partial charge < -0.3 is 29.0 Å². The van der Waals surface area contributed by atoms with Crippen LogP contribution in [0, 0.1) is 0 Å². The predicted molar refractivity (Wildman–Crippen MR) is 143 cm³/mol. The molecule has 0 bridgehead atoms. The average Bonchev–Trinajstić information content (AvgIpc) is 3.39. The van der Waals surface area contributed by atoms with Crippen LogP contribution < -0.4 is 14.4 Å². The number of cyclic esters (lactones) is 2. The van der Waals surface area contributed by atoms with Gasteiger partial charge in [-0.05, 0) is 49.7 Å². The molecule has 2 aromatic carbocycles. The molecule has 0 saturated carbocycles. The number of carbonyl (C=O) groups excluding carboxylic acids is 2. The zero-order chi connectivity index (χ0) is 27.2. The van der Waals surface area contributed by atoms with Gasteiger partial charge in [-0.15, -0.1) is 0 Å². The average molecular weight is 537 g/mol. The number of piperazine rings is 1. The lowest BCUT2D eigenvalue weighted by atomic mass is 10.1. The molecule has 2 aliphatic heterocycles. The second kappa shape index (κ2) is 11.7. The van der Waals surface area contributed by atoms with Gasteiger partial charge in [-0.3, -0.25) is 10.00 Å². The first kappa shape index (κ1) is 26.5. The van der Waals surface area contributed by atoms with E-state index in [0.29, 0.717) is 18.1 Å². The van der Waals surface area contributed by atoms with Crippen LogP contribution in [0.5, 0.6) is 11.5 Å². The lowest BCUT2D eigenvalue weighted by Crippen LogP contribution is -2.46. The molecule has 1 saturated heterocycles. The van der Waals surface area contributed by atoms with E-state index in [0.717, 1.165) is 74.4 Å². The van der Waals surface area contributed by atoms with Gasteiger partial charge in [0.25, 0.3) is 5.79 Å². The van der Waals surface area contributed by atoms with Gasteiger partial charge >= 0.3 is 11.9 Å². The molecule has 11 heteroatoms. The maximum Gasteiger partial charge on any atom is 0.333 e. The van der Waals surface area contributed by atoms with E-state index in [9.17, 15) is 14.7 Å². The third kappa shape index (κ3) is 6.15. The van der Waals surface area contributed by atoms with Crippen LogP contribution in [-0.2, 0) is 24.8 Å². The molecule has 1 unspecified atom stereocenters. The minimum atomic E-state index is -2.14. The van der Waals surface area contributed by atoms with Gasteiger partial charge in [0.15, 0.2) is 23.9 Å². The number of benzene rings is 2. The Balaban J connectivity index is 1.08. The molecule has 2 N–H and O–H groups in total. The smallest absolute Gasteiger partial charge is 0.333 e. The van der Waals surface area contributed by atoms with Crippen molar-refractivity contribution in [1.29, 1.82) is 0 Å². The third-order valence-corrected chi connectivity index (χ3v) is 6.90. The zero-order valence-corrected chi connectivity index (χ0v) is 21.8. The molecule has 2 aliphatic rings. The topological polar surface area (TPSA) is 126 Å². The lowest BCUT2D eigenvalue weighted by molar-refractivity contribution is -0.231. The maximum atomic E-state index is 11.9. The molecule has 3 aromatic rings. The van der Waals surface area contributed by atoms with Crippen LogP contribution in [-0.4, -0.2) is 85.2 Å². The largest absolute Gasteiger partial charge is 0.493 e. The molecule has 1 fully saturated rings. The summed E-state index contributed by atoms with van der Waals surface area (Å²) in [7, 11) is 1.48. The minimum absolute atomic E-state index is 0.199. The first-order chi connectivity index (χ1) is 18.9. The van der Waals surface area contributed by atoms with Crippen LogP contribution in [0.2, 0.25) is 0 Å². The van der Waals surface area contributed by atoms with Crippen LogP contribution in [0.15, 0.2) is 54.6 Å². The number of para-hydroxylation sites is 1. The Morgan fingerprint density at radius 3 is 2.64 bits per heavy atom. The minimum Gasteiger partial charge on any atom is -0.493 e. The quantitative estimate of drug-likeness (QED) is 0.311. The van der Waals surface area contributed by atoms with Gasteiger partial charge in [0.2, 0.25) is 0 Å². The van der Waals surface area contributed by atoms with Crippen LogP contribution in [0.25, 0.3) is 10.9 Å². The molecule has 5 rings (SSSR count). The molecule has 206 valence electrons. The van der Waals surface area contributed by atoms with Crippen molar-refractivity contribution >= 4 is 28.7 Å². The highest BCUT2D eigenvalue weighted by Gasteiger charge is 2.37. The molecule has 0 radical (unpaired) electrons. The van der Waals surface area contributed by atoms with Crippen LogP contribution in [0.4, 0.5) is 5.82 Å². The number of aromatic nitrogens is 2. The van der Waals surface area contributed by atoms with E-state index in [1.807, 2.05) is 18.2 Å². The SMILES string of the molecule is COc1cc(C2(O)COC(=O)/C=C/C(=O)O2)ccc1OCCCCN1CCN(c2n[nH]c3ccccc23)CC1. The van der Waals surface area contributed by atoms with Crippen LogP contribution in [0.1, 0.15) is 18.4 Å². The fourth-order valence-electron chi connectivity index (χ4n) is 4.75. The summed E-state index contributed by atoms with van der Waals surface area (Å²) in [6.45, 7) is 4.78. The number of nitrogens with one attached hydrogen (secondary N) is 1. The van der Waals surface area contributed by atoms with Gasteiger partial charge in [-0.1, -0.05) is 12.1 Å². The van der Waals surface area contributed by atoms with Crippen molar-refractivity contribution in [3.05, 3.63) is 60.2 Å². The first-order valence-corrected chi connectivity index (χ1v) is 13.0. The molecule has 0 spiro atoms. The molecule has 1 aromatic heterocycles. The van der Waals surface area contributed by atoms with Crippen molar-refractivity contribution in [2.24, 2.45) is 0 Å². The van der Waals surface area contributed by atoms with Crippen molar-refractivity contribution in [1.82, 2.24) is 15.1 Å². The van der Waals surface area contributed by atoms with Gasteiger partial charge in [0.05, 0.1) is 19.2 Å². The first-order valence-electron chi connectivity index (χ1n) is 13.0. The predicted octanol–water partition coefficient (Wildman–Crippen LogP) is 2.35. The molecule has 39 heavy (non-hydrogen) atoms. The number of hydrogen-bond acceptors (Lipinski definition) is 10. The number of aliphatic hydroxyl groups is 1. The Hall–Kier alpha value is -4.09. The highest BCUT2D eigenvalue weighted by Crippen LogP contribution is 2.34. The van der Waals surface area contributed by atoms with E-state index < -0.39 is 24.3 Å². The number of rotatable bonds is 9. The zero-order valence-electron chi connectivity index (χ0n) is 21.8. The molecule has 11 nitrogen and oxygen atoms in total. The number of aromatic amines is 1. The van der Waals surface area contributed by atoms with Crippen molar-refractivity contribution in [3.63, 3.8) is 0 Å². The number of fused-ring (bicyclic) bond motifs is 1. The van der Waals surface area contributed by atoms with Gasteiger partial charge in [0.1, 0.15) is 0 Å². The maximum absolute atomic E-state index is 11.9. The van der Waals surface area contributed by atoms with Crippen molar-refractivity contribution in [3.8, 4) is 11.5 Å². The van der Waals surface area contributed by atoms with Gasteiger partial charge in [-0.25, -0.2) is 9.59 Å². The van der Waals surface area contributed by atoms with Crippen molar-refractivity contribution in [2.45, 2.75) is 18.6 Å². The second-order valence-electron chi connectivity index (χ2n) is 9.49. The molecular formula is C28H32N4O7. The Morgan fingerprint density at radius 1 is 1.03 bits per heavy atom. The highest BCUT2D eigenvalue weighted by atomic mass is 16.7. The molecule has 0 aliphatic carbocycles. The Morgan fingerprint density at radius 2 is 1.82 bits per heavy atom. The standard InChI is InChI=1S/C28H32N4O7/c1-36-24-18-20(28(35)19-38-25(33)10-11-26(34)39-28)8-9-23(24)37-17-5-4-12-31-13-15-32(16-14-31)27-21-6-2-3-7-22(21)29-30-27/h2-3,6-11,18,35H,4-5,12-17,19H2,1H3,(H,29,30)/b11-10+. The molecule has 3 heterocycles. The Bertz CT molecular complexity index is 1350. The number of anilines is 1. The number of H-pyrrole nitrogens is 1. The second-order valence-corrected chi connectivity index (χ2v) is 9.49. The van der Waals surface area contributed by atoms with Gasteiger partial charge in [-0.2, -0.15) is 5.10 Å². The number of ether oxygens (including phenoxy) is 4. The van der Waals surface area contributed by atoms with Crippen molar-refractivity contribution in [2.75, 3.05) is 57.9 Å². The summed E-state index contributed by atoms with van der Waals surface area (Å²) in [4.78, 5) is 28.3. The van der Waals surface area contributed by atoms with Crippen molar-refractivity contribution < 1.29 is 33.6 Å². The number of esters is 2. The van der Waals surface area contributed by atoms with Gasteiger partial charge in [0, 0.05) is 49.3 Å². The normalized spacial score (nSPS) is 21.1. The number of carbonyl (C=O) groups is 2. The summed E-state index contributed by atoms with van der Waals surface area (Å²) < 4.78 is 21.4. The third-order valence-electron chi connectivity index (χ3n) is 6.90. The fraction of sp³-hybridized carbons (Fsp3) is 0.393. The summed E-state index contributed by atoms with van der Waals surface area (Å²) in [5, 5.41) is 19.7. The number of nitrogens with zero attached hydrogens (tertiary/aromatic N) is 3. The fourth-order valence-corrected chi connectivity index (χ4v) is 4.75. The van der Waals surface area contributed by atoms with E-state index >= 15 is 0 Å². The van der Waals surface area contributed by atoms with Crippen LogP contribution >= 0.6 is 0 Å². The van der Waals surface area contributed by atoms with E-state index in [4.69, 9.17) is 18.9 Å². The monoisotopic (exact) mass is 536 g/mol. The summed E-state index contributed by atoms with van der Waals surface area (Å²) >= 11 is 0. The molecule has 1 atom stereocenters. The van der Waals surface area contributed by atoms with Crippen LogP contribution in [0.3, 0.4) is 0 Å². The summed E-state index contributed by atoms with van der Waals surface area (Å²) in [5.41, 5.74) is 1.26. The molecular weight excluding hydrogens is 504 g/mol. The van der Waals surface area contributed by atoms with E-state index in [2.05, 4.69) is 26.1 Å². The summed E-state index contributed by atoms with van der Waals surface area (Å²) in [6.07, 6.45) is 3.70. The number of methoxy groups -OCH3 is 1. The summed E-state index contributed by atoms with van der Waals surface area (Å²) in [6, 6.07) is 12.9. The van der Waals surface area contributed by atoms with E-state index in [1.165, 1.54) is 13.2 Å². The number of hydrogen-bond donors (Lipinski definition) is 2. The Labute approximate surface area is 225 Å². The van der Waals surface area contributed by atoms with E-state index in [1.54, 1.807) is 12.1 Å². The number of unbranched alkanes of at least 4 members (excludes halogenated alkanes) is 1. The van der Waals surface area contributed by atoms with E-state index in [-0.39, 0.29) is 5.56 Å². The lowest BCUT2D eigenvalue weighted by Gasteiger charge is -2.35. The Kier molecular flexibility index (Phi) is 7.99. The summed E-state index contributed by atoms with van der Waals surface area (Å²) in [5.74, 6) is -1.86.